The maximum atomic E-state index is 12.4. The van der Waals surface area contributed by atoms with Crippen molar-refractivity contribution in [3.63, 3.8) is 0 Å². The number of aliphatic hydroxyl groups is 1. The Bertz CT molecular complexity index is 429. The molecule has 2 amide bonds. The molecule has 4 heteroatoms. The van der Waals surface area contributed by atoms with Gasteiger partial charge in [-0.05, 0) is 24.3 Å². The molecule has 2 rings (SSSR count). The minimum absolute atomic E-state index is 0.00337. The van der Waals surface area contributed by atoms with Gasteiger partial charge in [-0.3, -0.25) is 0 Å². The first-order valence-corrected chi connectivity index (χ1v) is 7.36. The molecule has 1 unspecified atom stereocenters. The molecule has 4 nitrogen and oxygen atoms in total. The zero-order valence-electron chi connectivity index (χ0n) is 12.2. The summed E-state index contributed by atoms with van der Waals surface area (Å²) in [5, 5.41) is 12.2. The lowest BCUT2D eigenvalue weighted by Gasteiger charge is -2.28. The van der Waals surface area contributed by atoms with Crippen molar-refractivity contribution < 1.29 is 9.90 Å². The maximum Gasteiger partial charge on any atom is 0.318 e. The van der Waals surface area contributed by atoms with E-state index in [1.165, 1.54) is 0 Å². The van der Waals surface area contributed by atoms with Crippen molar-refractivity contribution in [2.45, 2.75) is 38.8 Å². The standard InChI is InChI=1S/C16H24N2O2/c1-12(2)15(13-6-4-3-5-7-13)17-16(20)18(10-11-19)14-8-9-14/h3-7,12,14-15,19H,8-11H2,1-2H3,(H,17,20). The Morgan fingerprint density at radius 2 is 2.00 bits per heavy atom. The second-order valence-corrected chi connectivity index (χ2v) is 5.73. The highest BCUT2D eigenvalue weighted by atomic mass is 16.3. The molecule has 0 spiro atoms. The van der Waals surface area contributed by atoms with Gasteiger partial charge in [-0.2, -0.15) is 0 Å². The normalized spacial score (nSPS) is 16.0. The molecule has 1 aliphatic carbocycles. The molecule has 0 aromatic heterocycles. The van der Waals surface area contributed by atoms with E-state index in [0.29, 0.717) is 18.5 Å². The van der Waals surface area contributed by atoms with Crippen molar-refractivity contribution in [2.24, 2.45) is 5.92 Å². The average Bonchev–Trinajstić information content (AvgIpc) is 3.27. The van der Waals surface area contributed by atoms with Gasteiger partial charge in [0, 0.05) is 12.6 Å². The summed E-state index contributed by atoms with van der Waals surface area (Å²) in [6.45, 7) is 4.63. The van der Waals surface area contributed by atoms with E-state index in [4.69, 9.17) is 5.11 Å². The highest BCUT2D eigenvalue weighted by Crippen LogP contribution is 2.28. The molecule has 0 radical (unpaired) electrons. The van der Waals surface area contributed by atoms with Crippen LogP contribution < -0.4 is 5.32 Å². The number of urea groups is 1. The maximum absolute atomic E-state index is 12.4. The Labute approximate surface area is 120 Å². The van der Waals surface area contributed by atoms with Crippen LogP contribution in [0.15, 0.2) is 30.3 Å². The molecular formula is C16H24N2O2. The largest absolute Gasteiger partial charge is 0.395 e. The molecule has 20 heavy (non-hydrogen) atoms. The Morgan fingerprint density at radius 3 is 2.50 bits per heavy atom. The van der Waals surface area contributed by atoms with Crippen molar-refractivity contribution in [1.29, 1.82) is 0 Å². The van der Waals surface area contributed by atoms with E-state index in [0.717, 1.165) is 18.4 Å². The molecule has 1 fully saturated rings. The minimum Gasteiger partial charge on any atom is -0.395 e. The van der Waals surface area contributed by atoms with Crippen LogP contribution in [0.4, 0.5) is 4.79 Å². The van der Waals surface area contributed by atoms with Crippen molar-refractivity contribution >= 4 is 6.03 Å². The number of aliphatic hydroxyl groups excluding tert-OH is 1. The Kier molecular flexibility index (Phi) is 5.01. The van der Waals surface area contributed by atoms with Crippen molar-refractivity contribution in [3.8, 4) is 0 Å². The van der Waals surface area contributed by atoms with E-state index < -0.39 is 0 Å². The third-order valence-corrected chi connectivity index (χ3v) is 3.69. The van der Waals surface area contributed by atoms with Gasteiger partial charge in [0.15, 0.2) is 0 Å². The number of nitrogens with one attached hydrogen (secondary N) is 1. The van der Waals surface area contributed by atoms with Gasteiger partial charge in [-0.15, -0.1) is 0 Å². The Hall–Kier alpha value is -1.55. The Balaban J connectivity index is 2.05. The van der Waals surface area contributed by atoms with Crippen molar-refractivity contribution in [1.82, 2.24) is 10.2 Å². The average molecular weight is 276 g/mol. The molecule has 110 valence electrons. The van der Waals surface area contributed by atoms with Crippen LogP contribution in [0.5, 0.6) is 0 Å². The van der Waals surface area contributed by atoms with Gasteiger partial charge in [0.2, 0.25) is 0 Å². The predicted molar refractivity (Wildman–Crippen MR) is 79.4 cm³/mol. The summed E-state index contributed by atoms with van der Waals surface area (Å²) in [5.74, 6) is 0.316. The summed E-state index contributed by atoms with van der Waals surface area (Å²) in [4.78, 5) is 14.2. The fraction of sp³-hybridized carbons (Fsp3) is 0.562. The number of rotatable bonds is 6. The lowest BCUT2D eigenvalue weighted by Crippen LogP contribution is -2.45. The van der Waals surface area contributed by atoms with Gasteiger partial charge in [0.05, 0.1) is 12.6 Å². The van der Waals surface area contributed by atoms with Crippen LogP contribution in [0, 0.1) is 5.92 Å². The van der Waals surface area contributed by atoms with E-state index in [1.807, 2.05) is 30.3 Å². The highest BCUT2D eigenvalue weighted by molar-refractivity contribution is 5.75. The third-order valence-electron chi connectivity index (χ3n) is 3.69. The lowest BCUT2D eigenvalue weighted by atomic mass is 9.96. The molecular weight excluding hydrogens is 252 g/mol. The van der Waals surface area contributed by atoms with Gasteiger partial charge in [0.1, 0.15) is 0 Å². The number of benzene rings is 1. The summed E-state index contributed by atoms with van der Waals surface area (Å²) >= 11 is 0. The number of carbonyl (C=O) groups excluding carboxylic acids is 1. The molecule has 1 aromatic rings. The zero-order chi connectivity index (χ0) is 14.5. The SMILES string of the molecule is CC(C)C(NC(=O)N(CCO)C1CC1)c1ccccc1. The van der Waals surface area contributed by atoms with E-state index in [9.17, 15) is 4.79 Å². The number of hydrogen-bond acceptors (Lipinski definition) is 2. The predicted octanol–water partition coefficient (Wildman–Crippen LogP) is 2.55. The van der Waals surface area contributed by atoms with Gasteiger partial charge in [0.25, 0.3) is 0 Å². The van der Waals surface area contributed by atoms with Crippen LogP contribution in [-0.2, 0) is 0 Å². The van der Waals surface area contributed by atoms with Gasteiger partial charge < -0.3 is 15.3 Å². The third kappa shape index (κ3) is 3.73. The van der Waals surface area contributed by atoms with Gasteiger partial charge in [-0.25, -0.2) is 4.79 Å². The van der Waals surface area contributed by atoms with Crippen LogP contribution in [0.1, 0.15) is 38.3 Å². The molecule has 1 saturated carbocycles. The minimum atomic E-state index is -0.0656. The first kappa shape index (κ1) is 14.9. The Morgan fingerprint density at radius 1 is 1.35 bits per heavy atom. The van der Waals surface area contributed by atoms with E-state index >= 15 is 0 Å². The summed E-state index contributed by atoms with van der Waals surface area (Å²) in [7, 11) is 0. The molecule has 0 aliphatic heterocycles. The number of nitrogens with zero attached hydrogens (tertiary/aromatic N) is 1. The number of hydrogen-bond donors (Lipinski definition) is 2. The summed E-state index contributed by atoms with van der Waals surface area (Å²) in [5.41, 5.74) is 1.12. The van der Waals surface area contributed by atoms with Crippen LogP contribution in [0.3, 0.4) is 0 Å². The molecule has 2 N–H and O–H groups in total. The lowest BCUT2D eigenvalue weighted by molar-refractivity contribution is 0.168. The zero-order valence-corrected chi connectivity index (χ0v) is 12.2. The molecule has 0 bridgehead atoms. The monoisotopic (exact) mass is 276 g/mol. The van der Waals surface area contributed by atoms with Crippen molar-refractivity contribution in [3.05, 3.63) is 35.9 Å². The summed E-state index contributed by atoms with van der Waals surface area (Å²) in [6.07, 6.45) is 2.09. The molecule has 1 aliphatic rings. The quantitative estimate of drug-likeness (QED) is 0.839. The molecule has 1 aromatic carbocycles. The molecule has 0 heterocycles. The van der Waals surface area contributed by atoms with Gasteiger partial charge in [-0.1, -0.05) is 44.2 Å². The van der Waals surface area contributed by atoms with Crippen LogP contribution in [0.2, 0.25) is 0 Å². The summed E-state index contributed by atoms with van der Waals surface area (Å²) < 4.78 is 0. The first-order chi connectivity index (χ1) is 9.63. The second kappa shape index (κ2) is 6.75. The van der Waals surface area contributed by atoms with E-state index in [2.05, 4.69) is 19.2 Å². The topological polar surface area (TPSA) is 52.6 Å². The van der Waals surface area contributed by atoms with Gasteiger partial charge >= 0.3 is 6.03 Å². The number of amides is 2. The number of carbonyl (C=O) groups is 1. The van der Waals surface area contributed by atoms with Crippen molar-refractivity contribution in [2.75, 3.05) is 13.2 Å². The van der Waals surface area contributed by atoms with Crippen LogP contribution in [0.25, 0.3) is 0 Å². The molecule has 1 atom stereocenters. The summed E-state index contributed by atoms with van der Waals surface area (Å²) in [6, 6.07) is 10.3. The van der Waals surface area contributed by atoms with E-state index in [1.54, 1.807) is 4.90 Å². The first-order valence-electron chi connectivity index (χ1n) is 7.36. The fourth-order valence-corrected chi connectivity index (χ4v) is 2.46. The molecule has 0 saturated heterocycles. The van der Waals surface area contributed by atoms with Crippen LogP contribution in [-0.4, -0.2) is 35.2 Å². The second-order valence-electron chi connectivity index (χ2n) is 5.73. The smallest absolute Gasteiger partial charge is 0.318 e. The highest BCUT2D eigenvalue weighted by Gasteiger charge is 2.33. The van der Waals surface area contributed by atoms with Crippen LogP contribution >= 0.6 is 0 Å². The fourth-order valence-electron chi connectivity index (χ4n) is 2.46. The van der Waals surface area contributed by atoms with E-state index in [-0.39, 0.29) is 18.7 Å².